The predicted octanol–water partition coefficient (Wildman–Crippen LogP) is 8.53. The summed E-state index contributed by atoms with van der Waals surface area (Å²) in [4.78, 5) is 9.92. The maximum Gasteiger partial charge on any atom is 0.231 e. The number of aromatic nitrogens is 2. The lowest BCUT2D eigenvalue weighted by Gasteiger charge is -2.08. The first-order chi connectivity index (χ1) is 17.3. The van der Waals surface area contributed by atoms with Gasteiger partial charge in [0.05, 0.1) is 11.1 Å². The third kappa shape index (κ3) is 3.37. The number of rotatable bonds is 3. The highest BCUT2D eigenvalue weighted by molar-refractivity contribution is 6.14. The third-order valence-electron chi connectivity index (χ3n) is 6.50. The van der Waals surface area contributed by atoms with Gasteiger partial charge in [-0.1, -0.05) is 109 Å². The summed E-state index contributed by atoms with van der Waals surface area (Å²) < 4.78 is 6.33. The minimum Gasteiger partial charge on any atom is -0.438 e. The summed E-state index contributed by atoms with van der Waals surface area (Å²) in [5.41, 5.74) is 6.66. The molecule has 0 N–H and O–H groups in total. The van der Waals surface area contributed by atoms with Crippen LogP contribution >= 0.6 is 0 Å². The molecular weight excluding hydrogens is 428 g/mol. The van der Waals surface area contributed by atoms with Crippen molar-refractivity contribution in [1.82, 2.24) is 9.97 Å². The van der Waals surface area contributed by atoms with E-state index < -0.39 is 0 Å². The fraction of sp³-hybridized carbons (Fsp3) is 0. The Morgan fingerprint density at radius 1 is 0.486 bits per heavy atom. The third-order valence-corrected chi connectivity index (χ3v) is 6.50. The van der Waals surface area contributed by atoms with Crippen molar-refractivity contribution in [1.29, 1.82) is 0 Å². The first-order valence-corrected chi connectivity index (χ1v) is 11.7. The van der Waals surface area contributed by atoms with E-state index in [2.05, 4.69) is 78.9 Å². The van der Waals surface area contributed by atoms with Crippen molar-refractivity contribution in [2.75, 3.05) is 0 Å². The van der Waals surface area contributed by atoms with Gasteiger partial charge in [0, 0.05) is 16.5 Å². The van der Waals surface area contributed by atoms with E-state index in [-0.39, 0.29) is 0 Å². The normalized spacial score (nSPS) is 11.4. The lowest BCUT2D eigenvalue weighted by molar-refractivity contribution is 0.654. The molecule has 2 aromatic heterocycles. The Labute approximate surface area is 202 Å². The Bertz CT molecular complexity index is 1820. The summed E-state index contributed by atoms with van der Waals surface area (Å²) in [6.45, 7) is 0. The van der Waals surface area contributed by atoms with Crippen LogP contribution < -0.4 is 0 Å². The van der Waals surface area contributed by atoms with E-state index in [1.54, 1.807) is 0 Å². The number of benzene rings is 5. The van der Waals surface area contributed by atoms with Gasteiger partial charge in [-0.05, 0) is 34.0 Å². The van der Waals surface area contributed by atoms with Crippen LogP contribution in [0.15, 0.2) is 126 Å². The second kappa shape index (κ2) is 7.93. The molecule has 3 heteroatoms. The smallest absolute Gasteiger partial charge is 0.231 e. The zero-order chi connectivity index (χ0) is 23.2. The molecule has 0 spiro atoms. The quantitative estimate of drug-likeness (QED) is 0.272. The highest BCUT2D eigenvalue weighted by Gasteiger charge is 2.18. The summed E-state index contributed by atoms with van der Waals surface area (Å²) in [6.07, 6.45) is 0. The van der Waals surface area contributed by atoms with Crippen molar-refractivity contribution < 1.29 is 4.42 Å². The van der Waals surface area contributed by atoms with E-state index in [4.69, 9.17) is 14.4 Å². The maximum atomic E-state index is 6.33. The van der Waals surface area contributed by atoms with Crippen LogP contribution in [0.4, 0.5) is 0 Å². The fourth-order valence-electron chi connectivity index (χ4n) is 4.74. The Morgan fingerprint density at radius 3 is 1.77 bits per heavy atom. The minimum atomic E-state index is 0.603. The molecule has 3 nitrogen and oxygen atoms in total. The van der Waals surface area contributed by atoms with Crippen LogP contribution in [0.3, 0.4) is 0 Å². The van der Waals surface area contributed by atoms with E-state index in [0.29, 0.717) is 11.5 Å². The van der Waals surface area contributed by atoms with Crippen LogP contribution in [0, 0.1) is 0 Å². The average molecular weight is 449 g/mol. The van der Waals surface area contributed by atoms with Crippen molar-refractivity contribution in [3.63, 3.8) is 0 Å². The van der Waals surface area contributed by atoms with Crippen molar-refractivity contribution >= 4 is 32.8 Å². The molecule has 7 aromatic rings. The van der Waals surface area contributed by atoms with Crippen molar-refractivity contribution in [3.8, 4) is 33.8 Å². The molecule has 0 radical (unpaired) electrons. The Kier molecular flexibility index (Phi) is 4.46. The number of nitrogens with zero attached hydrogens (tertiary/aromatic N) is 2. The van der Waals surface area contributed by atoms with E-state index in [1.165, 1.54) is 16.5 Å². The standard InChI is InChI=1S/C32H20N2O/c1-3-9-21(10-4-1)22-15-17-23(18-16-22)30-29-27-19-25-13-7-8-14-26(25)20-28(27)35-32(29)34-31(33-30)24-11-5-2-6-12-24/h1-20H. The van der Waals surface area contributed by atoms with Crippen molar-refractivity contribution in [2.45, 2.75) is 0 Å². The predicted molar refractivity (Wildman–Crippen MR) is 143 cm³/mol. The number of hydrogen-bond donors (Lipinski definition) is 0. The number of fused-ring (bicyclic) bond motifs is 4. The first kappa shape index (κ1) is 19.7. The van der Waals surface area contributed by atoms with Gasteiger partial charge in [0.1, 0.15) is 5.58 Å². The van der Waals surface area contributed by atoms with Gasteiger partial charge >= 0.3 is 0 Å². The van der Waals surface area contributed by atoms with E-state index in [0.717, 1.165) is 38.6 Å². The second-order valence-electron chi connectivity index (χ2n) is 8.68. The molecule has 0 bridgehead atoms. The summed E-state index contributed by atoms with van der Waals surface area (Å²) >= 11 is 0. The molecule has 0 aliphatic heterocycles. The molecule has 164 valence electrons. The Balaban J connectivity index is 1.50. The van der Waals surface area contributed by atoms with Crippen LogP contribution in [0.5, 0.6) is 0 Å². The molecule has 7 rings (SSSR count). The molecule has 0 saturated heterocycles. The van der Waals surface area contributed by atoms with E-state index in [9.17, 15) is 0 Å². The van der Waals surface area contributed by atoms with Gasteiger partial charge in [-0.2, -0.15) is 4.98 Å². The van der Waals surface area contributed by atoms with Crippen LogP contribution in [-0.4, -0.2) is 9.97 Å². The zero-order valence-corrected chi connectivity index (χ0v) is 18.8. The molecule has 0 unspecified atom stereocenters. The lowest BCUT2D eigenvalue weighted by Crippen LogP contribution is -1.93. The Morgan fingerprint density at radius 2 is 1.06 bits per heavy atom. The molecule has 0 saturated carbocycles. The van der Waals surface area contributed by atoms with Gasteiger partial charge in [0.15, 0.2) is 5.82 Å². The number of hydrogen-bond acceptors (Lipinski definition) is 3. The molecule has 0 fully saturated rings. The van der Waals surface area contributed by atoms with E-state index in [1.807, 2.05) is 42.5 Å². The molecule has 0 amide bonds. The van der Waals surface area contributed by atoms with Gasteiger partial charge in [0.2, 0.25) is 5.71 Å². The topological polar surface area (TPSA) is 38.9 Å². The highest BCUT2D eigenvalue weighted by atomic mass is 16.3. The highest BCUT2D eigenvalue weighted by Crippen LogP contribution is 2.38. The van der Waals surface area contributed by atoms with Gasteiger partial charge in [0.25, 0.3) is 0 Å². The fourth-order valence-corrected chi connectivity index (χ4v) is 4.74. The largest absolute Gasteiger partial charge is 0.438 e. The van der Waals surface area contributed by atoms with Gasteiger partial charge in [-0.25, -0.2) is 4.98 Å². The second-order valence-corrected chi connectivity index (χ2v) is 8.68. The van der Waals surface area contributed by atoms with Crippen LogP contribution in [0.1, 0.15) is 0 Å². The maximum absolute atomic E-state index is 6.33. The van der Waals surface area contributed by atoms with Crippen LogP contribution in [-0.2, 0) is 0 Å². The van der Waals surface area contributed by atoms with Crippen molar-refractivity contribution in [2.24, 2.45) is 0 Å². The summed E-state index contributed by atoms with van der Waals surface area (Å²) in [5.74, 6) is 0.656. The molecule has 5 aromatic carbocycles. The van der Waals surface area contributed by atoms with Crippen LogP contribution in [0.2, 0.25) is 0 Å². The molecule has 2 heterocycles. The van der Waals surface area contributed by atoms with Gasteiger partial charge < -0.3 is 4.42 Å². The molecule has 0 aliphatic carbocycles. The zero-order valence-electron chi connectivity index (χ0n) is 18.8. The first-order valence-electron chi connectivity index (χ1n) is 11.7. The Hall–Kier alpha value is -4.76. The monoisotopic (exact) mass is 448 g/mol. The average Bonchev–Trinajstić information content (AvgIpc) is 3.29. The van der Waals surface area contributed by atoms with Crippen LogP contribution in [0.25, 0.3) is 66.6 Å². The summed E-state index contributed by atoms with van der Waals surface area (Å²) in [7, 11) is 0. The molecule has 35 heavy (non-hydrogen) atoms. The lowest BCUT2D eigenvalue weighted by atomic mass is 10.00. The van der Waals surface area contributed by atoms with Crippen molar-refractivity contribution in [3.05, 3.63) is 121 Å². The van der Waals surface area contributed by atoms with Gasteiger partial charge in [-0.15, -0.1) is 0 Å². The minimum absolute atomic E-state index is 0.603. The summed E-state index contributed by atoms with van der Waals surface area (Å²) in [5, 5.41) is 4.28. The summed E-state index contributed by atoms with van der Waals surface area (Å²) in [6, 6.07) is 41.7. The SMILES string of the molecule is c1ccc(-c2ccc(-c3nc(-c4ccccc4)nc4oc5cc6ccccc6cc5c34)cc2)cc1. The van der Waals surface area contributed by atoms with E-state index >= 15 is 0 Å². The molecule has 0 aliphatic rings. The van der Waals surface area contributed by atoms with Gasteiger partial charge in [-0.3, -0.25) is 0 Å². The molecular formula is C32H20N2O. The number of furan rings is 1. The molecule has 0 atom stereocenters.